The van der Waals surface area contributed by atoms with Crippen molar-refractivity contribution < 1.29 is 18.7 Å². The maximum absolute atomic E-state index is 12.7. The first-order valence-electron chi connectivity index (χ1n) is 6.01. The van der Waals surface area contributed by atoms with Crippen LogP contribution in [0.5, 0.6) is 5.75 Å². The molecule has 2 rings (SSSR count). The van der Waals surface area contributed by atoms with Gasteiger partial charge >= 0.3 is 0 Å². The van der Waals surface area contributed by atoms with E-state index in [4.69, 9.17) is 4.74 Å². The van der Waals surface area contributed by atoms with Gasteiger partial charge in [0.1, 0.15) is 11.6 Å². The van der Waals surface area contributed by atoms with Crippen LogP contribution in [0.3, 0.4) is 0 Å². The summed E-state index contributed by atoms with van der Waals surface area (Å²) in [4.78, 5) is 22.6. The van der Waals surface area contributed by atoms with Gasteiger partial charge in [0.2, 0.25) is 0 Å². The van der Waals surface area contributed by atoms with E-state index in [9.17, 15) is 14.0 Å². The normalized spacial score (nSPS) is 10.0. The first-order valence-corrected chi connectivity index (χ1v) is 6.81. The number of aldehydes is 1. The number of carbonyl (C=O) groups is 2. The molecule has 2 aromatic carbocycles. The Kier molecular flexibility index (Phi) is 5.05. The molecule has 108 valence electrons. The van der Waals surface area contributed by atoms with Crippen molar-refractivity contribution in [3.8, 4) is 5.75 Å². The molecule has 1 amide bonds. The third-order valence-electron chi connectivity index (χ3n) is 2.59. The molecule has 0 heterocycles. The highest BCUT2D eigenvalue weighted by Gasteiger charge is 2.07. The summed E-state index contributed by atoms with van der Waals surface area (Å²) in [7, 11) is 0. The molecule has 0 aliphatic heterocycles. The molecule has 0 unspecified atom stereocenters. The molecule has 0 aliphatic rings. The van der Waals surface area contributed by atoms with Crippen molar-refractivity contribution in [3.05, 3.63) is 58.3 Å². The average Bonchev–Trinajstić information content (AvgIpc) is 2.48. The number of nitrogens with one attached hydrogen (secondary N) is 1. The number of carbonyl (C=O) groups excluding carboxylic acids is 2. The minimum atomic E-state index is -0.402. The quantitative estimate of drug-likeness (QED) is 0.839. The second-order valence-corrected chi connectivity index (χ2v) is 5.06. The summed E-state index contributed by atoms with van der Waals surface area (Å²) in [6.07, 6.45) is 0.651. The molecule has 6 heteroatoms. The molecular weight excluding hydrogens is 341 g/mol. The Morgan fingerprint density at radius 2 is 1.95 bits per heavy atom. The molecule has 0 spiro atoms. The van der Waals surface area contributed by atoms with E-state index in [1.165, 1.54) is 24.3 Å². The fraction of sp³-hybridized carbons (Fsp3) is 0.0667. The van der Waals surface area contributed by atoms with Crippen LogP contribution < -0.4 is 10.1 Å². The van der Waals surface area contributed by atoms with Crippen molar-refractivity contribution in [3.63, 3.8) is 0 Å². The molecule has 0 aliphatic carbocycles. The van der Waals surface area contributed by atoms with Crippen molar-refractivity contribution in [2.75, 3.05) is 11.9 Å². The van der Waals surface area contributed by atoms with Crippen LogP contribution in [0, 0.1) is 5.82 Å². The van der Waals surface area contributed by atoms with Crippen molar-refractivity contribution >= 4 is 33.8 Å². The largest absolute Gasteiger partial charge is 0.483 e. The van der Waals surface area contributed by atoms with E-state index in [-0.39, 0.29) is 12.4 Å². The van der Waals surface area contributed by atoms with Crippen LogP contribution in [0.15, 0.2) is 46.9 Å². The average molecular weight is 352 g/mol. The smallest absolute Gasteiger partial charge is 0.262 e. The van der Waals surface area contributed by atoms with Gasteiger partial charge in [0.25, 0.3) is 5.91 Å². The summed E-state index contributed by atoms with van der Waals surface area (Å²) in [6.45, 7) is -0.250. The molecule has 21 heavy (non-hydrogen) atoms. The highest BCUT2D eigenvalue weighted by Crippen LogP contribution is 2.21. The lowest BCUT2D eigenvalue weighted by Crippen LogP contribution is -2.20. The van der Waals surface area contributed by atoms with Crippen LogP contribution in [-0.2, 0) is 4.79 Å². The van der Waals surface area contributed by atoms with Gasteiger partial charge < -0.3 is 10.1 Å². The molecule has 2 aromatic rings. The first-order chi connectivity index (χ1) is 10.1. The Morgan fingerprint density at radius 3 is 2.62 bits per heavy atom. The zero-order valence-electron chi connectivity index (χ0n) is 10.8. The molecule has 0 atom stereocenters. The number of anilines is 1. The van der Waals surface area contributed by atoms with E-state index in [1.54, 1.807) is 18.2 Å². The molecule has 0 saturated heterocycles. The highest BCUT2D eigenvalue weighted by atomic mass is 79.9. The van der Waals surface area contributed by atoms with E-state index >= 15 is 0 Å². The number of hydrogen-bond acceptors (Lipinski definition) is 3. The van der Waals surface area contributed by atoms with E-state index in [0.29, 0.717) is 23.3 Å². The maximum Gasteiger partial charge on any atom is 0.262 e. The second kappa shape index (κ2) is 6.99. The van der Waals surface area contributed by atoms with Crippen LogP contribution in [0.4, 0.5) is 10.1 Å². The van der Waals surface area contributed by atoms with Gasteiger partial charge in [-0.1, -0.05) is 15.9 Å². The van der Waals surface area contributed by atoms with Crippen molar-refractivity contribution in [1.82, 2.24) is 0 Å². The van der Waals surface area contributed by atoms with E-state index in [0.717, 1.165) is 4.47 Å². The molecule has 4 nitrogen and oxygen atoms in total. The van der Waals surface area contributed by atoms with Gasteiger partial charge in [0, 0.05) is 10.2 Å². The molecule has 0 radical (unpaired) electrons. The van der Waals surface area contributed by atoms with E-state index < -0.39 is 5.91 Å². The maximum atomic E-state index is 12.7. The number of rotatable bonds is 5. The summed E-state index contributed by atoms with van der Waals surface area (Å²) in [6, 6.07) is 10.3. The minimum absolute atomic E-state index is 0.250. The standard InChI is InChI=1S/C15H11BrFNO3/c16-11-1-6-14(10(7-11)8-19)21-9-15(20)18-13-4-2-12(17)3-5-13/h1-8H,9H2,(H,18,20). The molecule has 0 aromatic heterocycles. The Bertz CT molecular complexity index is 658. The van der Waals surface area contributed by atoms with Crippen molar-refractivity contribution in [1.29, 1.82) is 0 Å². The van der Waals surface area contributed by atoms with Gasteiger partial charge in [-0.25, -0.2) is 4.39 Å². The second-order valence-electron chi connectivity index (χ2n) is 4.14. The van der Waals surface area contributed by atoms with Crippen LogP contribution in [-0.4, -0.2) is 18.8 Å². The third kappa shape index (κ3) is 4.39. The lowest BCUT2D eigenvalue weighted by atomic mass is 10.2. The topological polar surface area (TPSA) is 55.4 Å². The van der Waals surface area contributed by atoms with Crippen molar-refractivity contribution in [2.45, 2.75) is 0 Å². The predicted octanol–water partition coefficient (Wildman–Crippen LogP) is 3.42. The predicted molar refractivity (Wildman–Crippen MR) is 80.1 cm³/mol. The van der Waals surface area contributed by atoms with Gasteiger partial charge in [-0.15, -0.1) is 0 Å². The Hall–Kier alpha value is -2.21. The summed E-state index contributed by atoms with van der Waals surface area (Å²) < 4.78 is 18.8. The third-order valence-corrected chi connectivity index (χ3v) is 3.08. The van der Waals surface area contributed by atoms with Gasteiger partial charge in [-0.3, -0.25) is 9.59 Å². The Morgan fingerprint density at radius 1 is 1.24 bits per heavy atom. The molecule has 0 fully saturated rings. The lowest BCUT2D eigenvalue weighted by molar-refractivity contribution is -0.118. The summed E-state index contributed by atoms with van der Waals surface area (Å²) >= 11 is 3.24. The number of hydrogen-bond donors (Lipinski definition) is 1. The van der Waals surface area contributed by atoms with Gasteiger partial charge in [-0.2, -0.15) is 0 Å². The van der Waals surface area contributed by atoms with E-state index in [2.05, 4.69) is 21.2 Å². The Balaban J connectivity index is 1.95. The zero-order valence-corrected chi connectivity index (χ0v) is 12.4. The van der Waals surface area contributed by atoms with Gasteiger partial charge in [-0.05, 0) is 42.5 Å². The minimum Gasteiger partial charge on any atom is -0.483 e. The number of benzene rings is 2. The monoisotopic (exact) mass is 351 g/mol. The first kappa shape index (κ1) is 15.2. The van der Waals surface area contributed by atoms with Crippen molar-refractivity contribution in [2.24, 2.45) is 0 Å². The number of amides is 1. The molecule has 0 bridgehead atoms. The summed E-state index contributed by atoms with van der Waals surface area (Å²) in [5.74, 6) is -0.460. The molecule has 0 saturated carbocycles. The van der Waals surface area contributed by atoms with Crippen LogP contribution in [0.1, 0.15) is 10.4 Å². The van der Waals surface area contributed by atoms with Crippen LogP contribution in [0.25, 0.3) is 0 Å². The molecular formula is C15H11BrFNO3. The lowest BCUT2D eigenvalue weighted by Gasteiger charge is -2.09. The zero-order chi connectivity index (χ0) is 15.2. The fourth-order valence-electron chi connectivity index (χ4n) is 1.62. The number of ether oxygens (including phenoxy) is 1. The summed E-state index contributed by atoms with van der Waals surface area (Å²) in [5.41, 5.74) is 0.815. The molecule has 1 N–H and O–H groups in total. The Labute approximate surface area is 129 Å². The fourth-order valence-corrected chi connectivity index (χ4v) is 2.00. The van der Waals surface area contributed by atoms with Gasteiger partial charge in [0.15, 0.2) is 12.9 Å². The SMILES string of the molecule is O=Cc1cc(Br)ccc1OCC(=O)Nc1ccc(F)cc1. The number of halogens is 2. The summed E-state index contributed by atoms with van der Waals surface area (Å²) in [5, 5.41) is 2.56. The van der Waals surface area contributed by atoms with Crippen LogP contribution in [0.2, 0.25) is 0 Å². The van der Waals surface area contributed by atoms with Gasteiger partial charge in [0.05, 0.1) is 5.56 Å². The van der Waals surface area contributed by atoms with Crippen LogP contribution >= 0.6 is 15.9 Å². The highest BCUT2D eigenvalue weighted by molar-refractivity contribution is 9.10. The van der Waals surface area contributed by atoms with E-state index in [1.807, 2.05) is 0 Å².